The summed E-state index contributed by atoms with van der Waals surface area (Å²) in [6.07, 6.45) is 0. The van der Waals surface area contributed by atoms with Gasteiger partial charge in [0.1, 0.15) is 18.1 Å². The van der Waals surface area contributed by atoms with E-state index in [1.54, 1.807) is 43.3 Å². The zero-order valence-electron chi connectivity index (χ0n) is 17.1. The minimum Gasteiger partial charge on any atom is -0.489 e. The van der Waals surface area contributed by atoms with Crippen molar-refractivity contribution in [1.82, 2.24) is 9.88 Å². The summed E-state index contributed by atoms with van der Waals surface area (Å²) in [6, 6.07) is 11.5. The fourth-order valence-electron chi connectivity index (χ4n) is 2.87. The number of carbonyl (C=O) groups is 1. The molecule has 1 amide bonds. The number of hydrogen-bond donors (Lipinski definition) is 2. The highest BCUT2D eigenvalue weighted by Crippen LogP contribution is 2.22. The summed E-state index contributed by atoms with van der Waals surface area (Å²) >= 11 is 0. The normalized spacial score (nSPS) is 11.3. The predicted molar refractivity (Wildman–Crippen MR) is 112 cm³/mol. The number of ether oxygens (including phenoxy) is 1. The summed E-state index contributed by atoms with van der Waals surface area (Å²) in [5, 5.41) is 6.62. The van der Waals surface area contributed by atoms with E-state index in [1.165, 1.54) is 13.1 Å². The summed E-state index contributed by atoms with van der Waals surface area (Å²) < 4.78 is 37.5. The van der Waals surface area contributed by atoms with Crippen LogP contribution < -0.4 is 14.8 Å². The minimum atomic E-state index is -3.63. The summed E-state index contributed by atoms with van der Waals surface area (Å²) in [5.74, 6) is 0.826. The second kappa shape index (κ2) is 8.68. The van der Waals surface area contributed by atoms with Gasteiger partial charge < -0.3 is 14.6 Å². The molecule has 0 atom stereocenters. The lowest BCUT2D eigenvalue weighted by molar-refractivity contribution is 0.102. The molecule has 0 unspecified atom stereocenters. The Bertz CT molecular complexity index is 1170. The average Bonchev–Trinajstić information content (AvgIpc) is 3.05. The van der Waals surface area contributed by atoms with Gasteiger partial charge in [0.2, 0.25) is 10.0 Å². The number of sulfonamides is 1. The van der Waals surface area contributed by atoms with Crippen molar-refractivity contribution >= 4 is 21.6 Å². The summed E-state index contributed by atoms with van der Waals surface area (Å²) in [5.41, 5.74) is 2.96. The van der Waals surface area contributed by atoms with Gasteiger partial charge in [-0.1, -0.05) is 17.3 Å². The predicted octanol–water partition coefficient (Wildman–Crippen LogP) is 3.34. The number of aryl methyl sites for hydroxylation is 3. The quantitative estimate of drug-likeness (QED) is 0.596. The first-order chi connectivity index (χ1) is 14.2. The van der Waals surface area contributed by atoms with Crippen molar-refractivity contribution in [2.75, 3.05) is 12.4 Å². The van der Waals surface area contributed by atoms with Crippen molar-refractivity contribution in [1.29, 1.82) is 0 Å². The second-order valence-corrected chi connectivity index (χ2v) is 8.62. The molecule has 1 aromatic heterocycles. The smallest absolute Gasteiger partial charge is 0.255 e. The highest BCUT2D eigenvalue weighted by molar-refractivity contribution is 7.89. The van der Waals surface area contributed by atoms with Crippen LogP contribution in [0, 0.1) is 20.8 Å². The van der Waals surface area contributed by atoms with Crippen LogP contribution in [0.1, 0.15) is 32.9 Å². The van der Waals surface area contributed by atoms with Crippen LogP contribution in [0.5, 0.6) is 5.75 Å². The third kappa shape index (κ3) is 4.69. The number of aromatic nitrogens is 1. The van der Waals surface area contributed by atoms with E-state index in [0.717, 1.165) is 11.3 Å². The highest BCUT2D eigenvalue weighted by atomic mass is 32.2. The van der Waals surface area contributed by atoms with E-state index in [-0.39, 0.29) is 17.4 Å². The van der Waals surface area contributed by atoms with E-state index in [4.69, 9.17) is 9.26 Å². The van der Waals surface area contributed by atoms with E-state index >= 15 is 0 Å². The highest BCUT2D eigenvalue weighted by Gasteiger charge is 2.16. The number of rotatable bonds is 7. The molecule has 0 bridgehead atoms. The van der Waals surface area contributed by atoms with Gasteiger partial charge in [-0.3, -0.25) is 4.79 Å². The van der Waals surface area contributed by atoms with E-state index in [1.807, 2.05) is 13.8 Å². The number of benzene rings is 2. The van der Waals surface area contributed by atoms with Crippen molar-refractivity contribution < 1.29 is 22.5 Å². The van der Waals surface area contributed by atoms with E-state index < -0.39 is 10.0 Å². The molecular formula is C21H23N3O5S. The Labute approximate surface area is 175 Å². The van der Waals surface area contributed by atoms with Gasteiger partial charge in [-0.2, -0.15) is 0 Å². The van der Waals surface area contributed by atoms with Gasteiger partial charge in [-0.15, -0.1) is 0 Å². The number of anilines is 1. The Morgan fingerprint density at radius 2 is 1.90 bits per heavy atom. The Balaban J connectivity index is 1.75. The van der Waals surface area contributed by atoms with E-state index in [0.29, 0.717) is 28.3 Å². The molecule has 0 saturated heterocycles. The van der Waals surface area contributed by atoms with Crippen molar-refractivity contribution in [2.45, 2.75) is 32.3 Å². The molecule has 0 radical (unpaired) electrons. The largest absolute Gasteiger partial charge is 0.489 e. The second-order valence-electron chi connectivity index (χ2n) is 6.76. The van der Waals surface area contributed by atoms with Crippen molar-refractivity contribution in [3.8, 4) is 5.75 Å². The molecule has 0 aliphatic carbocycles. The summed E-state index contributed by atoms with van der Waals surface area (Å²) in [7, 11) is -2.29. The summed E-state index contributed by atoms with van der Waals surface area (Å²) in [6.45, 7) is 5.61. The first-order valence-electron chi connectivity index (χ1n) is 9.21. The molecule has 2 N–H and O–H groups in total. The molecule has 8 nitrogen and oxygen atoms in total. The van der Waals surface area contributed by atoms with Gasteiger partial charge in [0.25, 0.3) is 5.91 Å². The van der Waals surface area contributed by atoms with Crippen molar-refractivity contribution in [3.63, 3.8) is 0 Å². The van der Waals surface area contributed by atoms with Gasteiger partial charge in [-0.05, 0) is 63.7 Å². The monoisotopic (exact) mass is 429 g/mol. The molecule has 9 heteroatoms. The van der Waals surface area contributed by atoms with Crippen molar-refractivity contribution in [3.05, 3.63) is 70.6 Å². The fraction of sp³-hybridized carbons (Fsp3) is 0.238. The number of hydrogen-bond acceptors (Lipinski definition) is 6. The van der Waals surface area contributed by atoms with Gasteiger partial charge >= 0.3 is 0 Å². The topological polar surface area (TPSA) is 111 Å². The van der Waals surface area contributed by atoms with Gasteiger partial charge in [0.15, 0.2) is 0 Å². The van der Waals surface area contributed by atoms with E-state index in [2.05, 4.69) is 15.2 Å². The average molecular weight is 429 g/mol. The zero-order chi connectivity index (χ0) is 21.9. The molecule has 0 aliphatic rings. The van der Waals surface area contributed by atoms with Crippen LogP contribution in [0.2, 0.25) is 0 Å². The molecule has 0 aliphatic heterocycles. The molecule has 3 aromatic rings. The molecule has 0 saturated carbocycles. The third-order valence-corrected chi connectivity index (χ3v) is 6.22. The molecule has 158 valence electrons. The lowest BCUT2D eigenvalue weighted by atomic mass is 10.1. The zero-order valence-corrected chi connectivity index (χ0v) is 18.0. The Kier molecular flexibility index (Phi) is 6.23. The molecule has 0 fully saturated rings. The molecule has 30 heavy (non-hydrogen) atoms. The minimum absolute atomic E-state index is 0.111. The van der Waals surface area contributed by atoms with Crippen LogP contribution in [-0.2, 0) is 16.6 Å². The molecule has 2 aromatic carbocycles. The number of nitrogens with zero attached hydrogens (tertiary/aromatic N) is 1. The number of amides is 1. The maximum absolute atomic E-state index is 12.7. The molecular weight excluding hydrogens is 406 g/mol. The Hall–Kier alpha value is -3.17. The fourth-order valence-corrected chi connectivity index (χ4v) is 3.87. The first-order valence-corrected chi connectivity index (χ1v) is 10.7. The van der Waals surface area contributed by atoms with Gasteiger partial charge in [0, 0.05) is 11.3 Å². The number of carbonyl (C=O) groups excluding carboxylic acids is 1. The lowest BCUT2D eigenvalue weighted by Gasteiger charge is -2.11. The third-order valence-electron chi connectivity index (χ3n) is 4.66. The maximum atomic E-state index is 12.7. The maximum Gasteiger partial charge on any atom is 0.255 e. The van der Waals surface area contributed by atoms with Crippen LogP contribution in [-0.4, -0.2) is 26.5 Å². The van der Waals surface area contributed by atoms with Crippen LogP contribution in [0.3, 0.4) is 0 Å². The van der Waals surface area contributed by atoms with Crippen LogP contribution >= 0.6 is 0 Å². The first kappa shape index (κ1) is 21.5. The van der Waals surface area contributed by atoms with E-state index in [9.17, 15) is 13.2 Å². The van der Waals surface area contributed by atoms with Crippen molar-refractivity contribution in [2.24, 2.45) is 0 Å². The van der Waals surface area contributed by atoms with Gasteiger partial charge in [-0.25, -0.2) is 13.1 Å². The molecule has 1 heterocycles. The van der Waals surface area contributed by atoms with Crippen LogP contribution in [0.15, 0.2) is 51.9 Å². The Morgan fingerprint density at radius 1 is 1.13 bits per heavy atom. The SMILES string of the molecule is CNS(=O)(=O)c1cc(NC(=O)c2cccc(OCc3c(C)noc3C)c2)ccc1C. The van der Waals surface area contributed by atoms with Crippen LogP contribution in [0.25, 0.3) is 0 Å². The lowest BCUT2D eigenvalue weighted by Crippen LogP contribution is -2.20. The van der Waals surface area contributed by atoms with Crippen LogP contribution in [0.4, 0.5) is 5.69 Å². The number of nitrogens with one attached hydrogen (secondary N) is 2. The molecule has 3 rings (SSSR count). The standard InChI is InChI=1S/C21H23N3O5S/c1-13-8-9-17(11-20(13)30(26,27)22-4)23-21(25)16-6-5-7-18(10-16)28-12-19-14(2)24-29-15(19)3/h5-11,22H,12H2,1-4H3,(H,23,25). The van der Waals surface area contributed by atoms with Gasteiger partial charge in [0.05, 0.1) is 16.2 Å². The summed E-state index contributed by atoms with van der Waals surface area (Å²) in [4.78, 5) is 12.8. The molecule has 0 spiro atoms. The Morgan fingerprint density at radius 3 is 2.57 bits per heavy atom.